The van der Waals surface area contributed by atoms with Crippen LogP contribution in [-0.2, 0) is 9.59 Å². The first kappa shape index (κ1) is 16.7. The minimum absolute atomic E-state index is 0.0153. The van der Waals surface area contributed by atoms with Gasteiger partial charge in [0.1, 0.15) is 5.71 Å². The molecule has 1 saturated heterocycles. The van der Waals surface area contributed by atoms with Gasteiger partial charge in [-0.2, -0.15) is 5.10 Å². The van der Waals surface area contributed by atoms with Gasteiger partial charge in [-0.25, -0.2) is 10.2 Å². The summed E-state index contributed by atoms with van der Waals surface area (Å²) >= 11 is 0. The Labute approximate surface area is 141 Å². The van der Waals surface area contributed by atoms with E-state index in [1.54, 1.807) is 9.80 Å². The maximum Gasteiger partial charge on any atom is 0.317 e. The van der Waals surface area contributed by atoms with Crippen molar-refractivity contribution >= 4 is 23.6 Å². The minimum atomic E-state index is -0.155. The summed E-state index contributed by atoms with van der Waals surface area (Å²) in [5, 5.41) is 6.97. The molecule has 2 heterocycles. The third kappa shape index (κ3) is 4.04. The first-order valence-electron chi connectivity index (χ1n) is 8.83. The number of hydrazone groups is 1. The first-order valence-corrected chi connectivity index (χ1v) is 8.83. The molecule has 0 aromatic carbocycles. The van der Waals surface area contributed by atoms with Crippen LogP contribution in [0.25, 0.3) is 0 Å². The molecule has 0 spiro atoms. The van der Waals surface area contributed by atoms with E-state index in [0.717, 1.165) is 19.3 Å². The molecule has 1 saturated carbocycles. The Hall–Kier alpha value is -2.12. The Balaban J connectivity index is 1.51. The molecule has 0 radical (unpaired) electrons. The zero-order valence-corrected chi connectivity index (χ0v) is 13.9. The Morgan fingerprint density at radius 1 is 1.00 bits per heavy atom. The minimum Gasteiger partial charge on any atom is -0.336 e. The number of hydrogen-bond acceptors (Lipinski definition) is 4. The summed E-state index contributed by atoms with van der Waals surface area (Å²) in [5.74, 6) is -0.287. The number of carbonyl (C=O) groups is 3. The fraction of sp³-hybridized carbons (Fsp3) is 0.750. The zero-order valence-electron chi connectivity index (χ0n) is 13.9. The first-order chi connectivity index (χ1) is 11.6. The van der Waals surface area contributed by atoms with Gasteiger partial charge in [0.25, 0.3) is 5.91 Å². The number of nitrogens with zero attached hydrogens (tertiary/aromatic N) is 3. The van der Waals surface area contributed by atoms with Gasteiger partial charge >= 0.3 is 6.03 Å². The van der Waals surface area contributed by atoms with Crippen molar-refractivity contribution in [2.24, 2.45) is 5.10 Å². The summed E-state index contributed by atoms with van der Waals surface area (Å²) in [7, 11) is 0. The van der Waals surface area contributed by atoms with Crippen molar-refractivity contribution in [3.05, 3.63) is 0 Å². The van der Waals surface area contributed by atoms with Crippen LogP contribution in [0.5, 0.6) is 0 Å². The number of amides is 4. The lowest BCUT2D eigenvalue weighted by Crippen LogP contribution is -2.46. The fourth-order valence-corrected chi connectivity index (χ4v) is 3.47. The van der Waals surface area contributed by atoms with Crippen LogP contribution >= 0.6 is 0 Å². The standard InChI is InChI=1S/C16H25N5O3/c22-14-7-6-13(18-19-14)15(23)20-8-3-9-21(11-10-20)16(24)17-12-4-1-2-5-12/h12H,1-11H2,(H,17,24)(H,19,22). The summed E-state index contributed by atoms with van der Waals surface area (Å²) in [6.07, 6.45) is 5.94. The topological polar surface area (TPSA) is 94.1 Å². The smallest absolute Gasteiger partial charge is 0.317 e. The van der Waals surface area contributed by atoms with Crippen molar-refractivity contribution in [1.82, 2.24) is 20.5 Å². The van der Waals surface area contributed by atoms with Crippen molar-refractivity contribution < 1.29 is 14.4 Å². The molecule has 0 aromatic rings. The van der Waals surface area contributed by atoms with E-state index < -0.39 is 0 Å². The molecule has 0 bridgehead atoms. The second-order valence-corrected chi connectivity index (χ2v) is 6.66. The van der Waals surface area contributed by atoms with E-state index in [1.165, 1.54) is 12.8 Å². The fourth-order valence-electron chi connectivity index (χ4n) is 3.47. The molecule has 2 N–H and O–H groups in total. The molecule has 3 aliphatic rings. The highest BCUT2D eigenvalue weighted by Crippen LogP contribution is 2.18. The lowest BCUT2D eigenvalue weighted by Gasteiger charge is -2.24. The van der Waals surface area contributed by atoms with Gasteiger partial charge < -0.3 is 15.1 Å². The van der Waals surface area contributed by atoms with Crippen LogP contribution in [0.2, 0.25) is 0 Å². The van der Waals surface area contributed by atoms with Crippen LogP contribution in [0.3, 0.4) is 0 Å². The maximum atomic E-state index is 12.5. The molecule has 132 valence electrons. The van der Waals surface area contributed by atoms with E-state index in [0.29, 0.717) is 50.8 Å². The predicted molar refractivity (Wildman–Crippen MR) is 88.4 cm³/mol. The molecular formula is C16H25N5O3. The monoisotopic (exact) mass is 335 g/mol. The molecule has 3 rings (SSSR count). The molecule has 4 amide bonds. The van der Waals surface area contributed by atoms with Crippen LogP contribution in [-0.4, -0.2) is 65.6 Å². The van der Waals surface area contributed by atoms with Gasteiger partial charge in [0.2, 0.25) is 5.91 Å². The molecule has 0 unspecified atom stereocenters. The molecule has 2 aliphatic heterocycles. The van der Waals surface area contributed by atoms with Gasteiger partial charge in [0.15, 0.2) is 0 Å². The largest absolute Gasteiger partial charge is 0.336 e. The zero-order chi connectivity index (χ0) is 16.9. The summed E-state index contributed by atoms with van der Waals surface area (Å²) in [5.41, 5.74) is 2.76. The van der Waals surface area contributed by atoms with Crippen LogP contribution in [0, 0.1) is 0 Å². The van der Waals surface area contributed by atoms with Gasteiger partial charge in [-0.3, -0.25) is 9.59 Å². The van der Waals surface area contributed by atoms with Crippen molar-refractivity contribution in [2.45, 2.75) is 51.0 Å². The SMILES string of the molecule is O=C1CCC(C(=O)N2CCCN(C(=O)NC3CCCC3)CC2)=NN1. The van der Waals surface area contributed by atoms with Crippen molar-refractivity contribution in [3.63, 3.8) is 0 Å². The predicted octanol–water partition coefficient (Wildman–Crippen LogP) is 0.439. The normalized spacial score (nSPS) is 22.7. The second-order valence-electron chi connectivity index (χ2n) is 6.66. The maximum absolute atomic E-state index is 12.5. The average molecular weight is 335 g/mol. The highest BCUT2D eigenvalue weighted by Gasteiger charge is 2.27. The van der Waals surface area contributed by atoms with Gasteiger partial charge in [0, 0.05) is 45.1 Å². The van der Waals surface area contributed by atoms with Crippen LogP contribution < -0.4 is 10.7 Å². The third-order valence-corrected chi connectivity index (χ3v) is 4.90. The van der Waals surface area contributed by atoms with E-state index in [-0.39, 0.29) is 17.8 Å². The van der Waals surface area contributed by atoms with E-state index >= 15 is 0 Å². The second kappa shape index (κ2) is 7.63. The molecule has 2 fully saturated rings. The lowest BCUT2D eigenvalue weighted by molar-refractivity contribution is -0.124. The van der Waals surface area contributed by atoms with Crippen LogP contribution in [0.15, 0.2) is 5.10 Å². The summed E-state index contributed by atoms with van der Waals surface area (Å²) in [6.45, 7) is 2.30. The van der Waals surface area contributed by atoms with Crippen molar-refractivity contribution in [3.8, 4) is 0 Å². The number of rotatable bonds is 2. The molecule has 0 aromatic heterocycles. The van der Waals surface area contributed by atoms with Crippen molar-refractivity contribution in [2.75, 3.05) is 26.2 Å². The average Bonchev–Trinajstić information content (AvgIpc) is 2.96. The number of hydrogen-bond donors (Lipinski definition) is 2. The Kier molecular flexibility index (Phi) is 5.32. The van der Waals surface area contributed by atoms with Gasteiger partial charge in [-0.05, 0) is 19.3 Å². The lowest BCUT2D eigenvalue weighted by atomic mass is 10.1. The molecule has 8 heteroatoms. The van der Waals surface area contributed by atoms with E-state index in [4.69, 9.17) is 0 Å². The summed E-state index contributed by atoms with van der Waals surface area (Å²) < 4.78 is 0. The van der Waals surface area contributed by atoms with Crippen molar-refractivity contribution in [1.29, 1.82) is 0 Å². The van der Waals surface area contributed by atoms with Crippen LogP contribution in [0.4, 0.5) is 4.79 Å². The quantitative estimate of drug-likeness (QED) is 0.767. The molecule has 24 heavy (non-hydrogen) atoms. The highest BCUT2D eigenvalue weighted by atomic mass is 16.2. The number of nitrogens with one attached hydrogen (secondary N) is 2. The Morgan fingerprint density at radius 2 is 1.71 bits per heavy atom. The van der Waals surface area contributed by atoms with E-state index in [2.05, 4.69) is 15.8 Å². The summed E-state index contributed by atoms with van der Waals surface area (Å²) in [4.78, 5) is 39.5. The van der Waals surface area contributed by atoms with Gasteiger partial charge in [-0.1, -0.05) is 12.8 Å². The van der Waals surface area contributed by atoms with E-state index in [1.807, 2.05) is 0 Å². The van der Waals surface area contributed by atoms with E-state index in [9.17, 15) is 14.4 Å². The molecule has 1 aliphatic carbocycles. The number of carbonyl (C=O) groups excluding carboxylic acids is 3. The Morgan fingerprint density at radius 3 is 2.42 bits per heavy atom. The van der Waals surface area contributed by atoms with Gasteiger partial charge in [-0.15, -0.1) is 0 Å². The Bertz CT molecular complexity index is 542. The third-order valence-electron chi connectivity index (χ3n) is 4.90. The summed E-state index contributed by atoms with van der Waals surface area (Å²) in [6, 6.07) is 0.289. The molecule has 8 nitrogen and oxygen atoms in total. The van der Waals surface area contributed by atoms with Gasteiger partial charge in [0.05, 0.1) is 0 Å². The molecular weight excluding hydrogens is 310 g/mol. The molecule has 0 atom stereocenters. The highest BCUT2D eigenvalue weighted by molar-refractivity contribution is 6.39. The van der Waals surface area contributed by atoms with Crippen LogP contribution in [0.1, 0.15) is 44.9 Å². The number of urea groups is 1.